The normalized spacial score (nSPS) is 27.1. The van der Waals surface area contributed by atoms with Crippen molar-refractivity contribution in [1.29, 1.82) is 0 Å². The van der Waals surface area contributed by atoms with Crippen molar-refractivity contribution in [3.8, 4) is 0 Å². The van der Waals surface area contributed by atoms with Gasteiger partial charge in [0.15, 0.2) is 0 Å². The highest BCUT2D eigenvalue weighted by atomic mass is 19.1. The van der Waals surface area contributed by atoms with Crippen LogP contribution in [0.4, 0.5) is 4.39 Å². The summed E-state index contributed by atoms with van der Waals surface area (Å²) in [5.74, 6) is -1.38. The van der Waals surface area contributed by atoms with E-state index in [2.05, 4.69) is 4.90 Å². The molecule has 2 unspecified atom stereocenters. The maximum Gasteiger partial charge on any atom is 0.312 e. The van der Waals surface area contributed by atoms with Gasteiger partial charge in [0, 0.05) is 6.54 Å². The van der Waals surface area contributed by atoms with Crippen LogP contribution in [-0.4, -0.2) is 42.7 Å². The van der Waals surface area contributed by atoms with E-state index in [1.165, 1.54) is 12.1 Å². The molecule has 0 radical (unpaired) electrons. The first-order valence-corrected chi connectivity index (χ1v) is 7.31. The Bertz CT molecular complexity index is 491. The zero-order valence-electron chi connectivity index (χ0n) is 12.5. The lowest BCUT2D eigenvalue weighted by atomic mass is 9.78. The molecule has 2 rings (SSSR count). The van der Waals surface area contributed by atoms with Crippen LogP contribution in [0, 0.1) is 11.7 Å². The number of nitrogens with zero attached hydrogens (tertiary/aromatic N) is 1. The molecular formula is C16H22FNO3. The summed E-state index contributed by atoms with van der Waals surface area (Å²) in [5.41, 5.74) is -0.748. The van der Waals surface area contributed by atoms with Crippen LogP contribution in [0.1, 0.15) is 25.3 Å². The minimum Gasteiger partial charge on any atom is -0.466 e. The number of esters is 1. The number of ether oxygens (including phenoxy) is 1. The van der Waals surface area contributed by atoms with E-state index in [0.717, 1.165) is 0 Å². The van der Waals surface area contributed by atoms with Crippen LogP contribution in [0.3, 0.4) is 0 Å². The molecule has 1 saturated heterocycles. The van der Waals surface area contributed by atoms with Gasteiger partial charge in [-0.3, -0.25) is 4.79 Å². The Morgan fingerprint density at radius 3 is 2.71 bits per heavy atom. The van der Waals surface area contributed by atoms with Crippen molar-refractivity contribution in [1.82, 2.24) is 4.90 Å². The van der Waals surface area contributed by atoms with E-state index in [9.17, 15) is 14.3 Å². The summed E-state index contributed by atoms with van der Waals surface area (Å²) >= 11 is 0. The molecule has 0 saturated carbocycles. The van der Waals surface area contributed by atoms with E-state index < -0.39 is 11.5 Å². The molecule has 21 heavy (non-hydrogen) atoms. The van der Waals surface area contributed by atoms with Crippen LogP contribution >= 0.6 is 0 Å². The van der Waals surface area contributed by atoms with E-state index in [1.54, 1.807) is 19.1 Å². The number of halogens is 1. The van der Waals surface area contributed by atoms with Crippen LogP contribution in [0.2, 0.25) is 0 Å². The fourth-order valence-corrected chi connectivity index (χ4v) is 2.88. The van der Waals surface area contributed by atoms with Crippen molar-refractivity contribution >= 4 is 5.97 Å². The van der Waals surface area contributed by atoms with Crippen molar-refractivity contribution in [3.63, 3.8) is 0 Å². The van der Waals surface area contributed by atoms with Gasteiger partial charge in [0.05, 0.1) is 12.5 Å². The summed E-state index contributed by atoms with van der Waals surface area (Å²) in [6.45, 7) is 3.42. The third-order valence-electron chi connectivity index (χ3n) is 4.17. The van der Waals surface area contributed by atoms with Gasteiger partial charge in [-0.2, -0.15) is 0 Å². The number of likely N-dealkylation sites (tertiary alicyclic amines) is 1. The van der Waals surface area contributed by atoms with Crippen molar-refractivity contribution in [3.05, 3.63) is 35.6 Å². The van der Waals surface area contributed by atoms with Crippen molar-refractivity contribution in [2.75, 3.05) is 26.7 Å². The van der Waals surface area contributed by atoms with Crippen molar-refractivity contribution in [2.45, 2.75) is 25.4 Å². The van der Waals surface area contributed by atoms with Crippen LogP contribution in [0.15, 0.2) is 24.3 Å². The molecule has 1 heterocycles. The lowest BCUT2D eigenvalue weighted by Gasteiger charge is -2.33. The monoisotopic (exact) mass is 295 g/mol. The average molecular weight is 295 g/mol. The zero-order valence-corrected chi connectivity index (χ0v) is 12.5. The zero-order chi connectivity index (χ0) is 15.5. The molecule has 0 amide bonds. The molecule has 1 fully saturated rings. The Morgan fingerprint density at radius 1 is 1.43 bits per heavy atom. The molecule has 2 atom stereocenters. The average Bonchev–Trinajstić information content (AvgIpc) is 2.60. The van der Waals surface area contributed by atoms with E-state index in [1.807, 2.05) is 7.05 Å². The molecule has 1 aromatic carbocycles. The van der Waals surface area contributed by atoms with Gasteiger partial charge in [-0.25, -0.2) is 4.39 Å². The number of hydrogen-bond donors (Lipinski definition) is 1. The van der Waals surface area contributed by atoms with Crippen LogP contribution in [-0.2, 0) is 15.1 Å². The summed E-state index contributed by atoms with van der Waals surface area (Å²) in [4.78, 5) is 14.3. The highest BCUT2D eigenvalue weighted by Gasteiger charge is 2.45. The smallest absolute Gasteiger partial charge is 0.312 e. The SMILES string of the molecule is CCOC(=O)C1CCN(C)CCC1(O)c1ccc(F)cc1. The number of rotatable bonds is 3. The van der Waals surface area contributed by atoms with Crippen LogP contribution in [0.5, 0.6) is 0 Å². The fraction of sp³-hybridized carbons (Fsp3) is 0.562. The van der Waals surface area contributed by atoms with E-state index in [-0.39, 0.29) is 18.4 Å². The summed E-state index contributed by atoms with van der Waals surface area (Å²) in [6, 6.07) is 5.72. The lowest BCUT2D eigenvalue weighted by Crippen LogP contribution is -2.40. The maximum absolute atomic E-state index is 13.1. The van der Waals surface area contributed by atoms with Gasteiger partial charge >= 0.3 is 5.97 Å². The molecule has 0 spiro atoms. The third kappa shape index (κ3) is 3.41. The summed E-state index contributed by atoms with van der Waals surface area (Å²) in [7, 11) is 1.96. The number of aliphatic hydroxyl groups is 1. The number of hydrogen-bond acceptors (Lipinski definition) is 4. The molecule has 0 aromatic heterocycles. The molecule has 1 aliphatic rings. The second kappa shape index (κ2) is 6.54. The van der Waals surface area contributed by atoms with Crippen molar-refractivity contribution < 1.29 is 19.0 Å². The third-order valence-corrected chi connectivity index (χ3v) is 4.17. The topological polar surface area (TPSA) is 49.8 Å². The van der Waals surface area contributed by atoms with E-state index in [4.69, 9.17) is 4.74 Å². The minimum atomic E-state index is -1.31. The molecule has 1 aliphatic heterocycles. The molecule has 5 heteroatoms. The summed E-state index contributed by atoms with van der Waals surface area (Å²) in [5, 5.41) is 11.1. The van der Waals surface area contributed by atoms with Gasteiger partial charge in [-0.15, -0.1) is 0 Å². The summed E-state index contributed by atoms with van der Waals surface area (Å²) in [6.07, 6.45) is 0.932. The Hall–Kier alpha value is -1.46. The van der Waals surface area contributed by atoms with E-state index in [0.29, 0.717) is 31.5 Å². The predicted octanol–water partition coefficient (Wildman–Crippen LogP) is 1.92. The Kier molecular flexibility index (Phi) is 4.96. The first-order chi connectivity index (χ1) is 9.97. The van der Waals surface area contributed by atoms with Gasteiger partial charge < -0.3 is 14.7 Å². The van der Waals surface area contributed by atoms with Gasteiger partial charge in [0.1, 0.15) is 11.4 Å². The lowest BCUT2D eigenvalue weighted by molar-refractivity contribution is -0.159. The first-order valence-electron chi connectivity index (χ1n) is 7.31. The minimum absolute atomic E-state index is 0.282. The van der Waals surface area contributed by atoms with Gasteiger partial charge in [0.25, 0.3) is 0 Å². The molecule has 0 aliphatic carbocycles. The van der Waals surface area contributed by atoms with Crippen LogP contribution < -0.4 is 0 Å². The highest BCUT2D eigenvalue weighted by molar-refractivity contribution is 5.74. The second-order valence-electron chi connectivity index (χ2n) is 5.58. The van der Waals surface area contributed by atoms with Gasteiger partial charge in [0.2, 0.25) is 0 Å². The second-order valence-corrected chi connectivity index (χ2v) is 5.58. The molecule has 0 bridgehead atoms. The molecule has 1 aromatic rings. The number of benzene rings is 1. The summed E-state index contributed by atoms with van der Waals surface area (Å²) < 4.78 is 18.2. The molecule has 4 nitrogen and oxygen atoms in total. The van der Waals surface area contributed by atoms with Gasteiger partial charge in [-0.05, 0) is 51.1 Å². The van der Waals surface area contributed by atoms with Crippen molar-refractivity contribution in [2.24, 2.45) is 5.92 Å². The van der Waals surface area contributed by atoms with Crippen LogP contribution in [0.25, 0.3) is 0 Å². The largest absolute Gasteiger partial charge is 0.466 e. The standard InChI is InChI=1S/C16H22FNO3/c1-3-21-15(19)14-8-10-18(2)11-9-16(14,20)12-4-6-13(17)7-5-12/h4-7,14,20H,3,8-11H2,1-2H3. The molecular weight excluding hydrogens is 273 g/mol. The molecule has 116 valence electrons. The highest BCUT2D eigenvalue weighted by Crippen LogP contribution is 2.38. The Morgan fingerprint density at radius 2 is 2.10 bits per heavy atom. The Balaban J connectivity index is 2.37. The molecule has 1 N–H and O–H groups in total. The first kappa shape index (κ1) is 15.9. The maximum atomic E-state index is 13.1. The quantitative estimate of drug-likeness (QED) is 0.866. The number of carbonyl (C=O) groups is 1. The fourth-order valence-electron chi connectivity index (χ4n) is 2.88. The Labute approximate surface area is 124 Å². The van der Waals surface area contributed by atoms with E-state index >= 15 is 0 Å². The number of carbonyl (C=O) groups excluding carboxylic acids is 1. The predicted molar refractivity (Wildman–Crippen MR) is 77.2 cm³/mol. The van der Waals surface area contributed by atoms with Gasteiger partial charge in [-0.1, -0.05) is 12.1 Å².